The molecule has 0 bridgehead atoms. The van der Waals surface area contributed by atoms with E-state index in [2.05, 4.69) is 5.32 Å². The normalized spacial score (nSPS) is 21.7. The number of carbonyl (C=O) groups excluding carboxylic acids is 1. The van der Waals surface area contributed by atoms with Gasteiger partial charge >= 0.3 is 0 Å². The fourth-order valence-corrected chi connectivity index (χ4v) is 1.88. The Morgan fingerprint density at radius 3 is 2.79 bits per heavy atom. The van der Waals surface area contributed by atoms with Crippen molar-refractivity contribution in [3.63, 3.8) is 0 Å². The van der Waals surface area contributed by atoms with Crippen molar-refractivity contribution in [3.05, 3.63) is 11.6 Å². The molecule has 1 N–H and O–H groups in total. The molecule has 1 aliphatic heterocycles. The Morgan fingerprint density at radius 2 is 2.21 bits per heavy atom. The van der Waals surface area contributed by atoms with E-state index in [0.717, 1.165) is 18.5 Å². The van der Waals surface area contributed by atoms with Crippen LogP contribution in [0.15, 0.2) is 11.6 Å². The average molecular weight is 195 g/mol. The van der Waals surface area contributed by atoms with Gasteiger partial charge in [0.1, 0.15) is 0 Å². The molecule has 0 aromatic heterocycles. The van der Waals surface area contributed by atoms with Gasteiger partial charge in [0.05, 0.1) is 0 Å². The van der Waals surface area contributed by atoms with Gasteiger partial charge in [-0.1, -0.05) is 12.0 Å². The second-order valence-corrected chi connectivity index (χ2v) is 4.37. The lowest BCUT2D eigenvalue weighted by Crippen LogP contribution is -2.34. The molecule has 1 aliphatic rings. The minimum atomic E-state index is 0.275. The van der Waals surface area contributed by atoms with Crippen LogP contribution in [0.2, 0.25) is 0 Å². The number of piperidine rings is 1. The summed E-state index contributed by atoms with van der Waals surface area (Å²) in [5, 5.41) is 3.45. The molecule has 14 heavy (non-hydrogen) atoms. The number of nitrogens with one attached hydrogen (secondary N) is 1. The topological polar surface area (TPSA) is 29.1 Å². The van der Waals surface area contributed by atoms with E-state index in [9.17, 15) is 4.79 Å². The van der Waals surface area contributed by atoms with Crippen LogP contribution in [0.5, 0.6) is 0 Å². The lowest BCUT2D eigenvalue weighted by atomic mass is 9.99. The Hall–Kier alpha value is -0.630. The predicted octanol–water partition coefficient (Wildman–Crippen LogP) is 2.44. The molecule has 0 amide bonds. The Morgan fingerprint density at radius 1 is 1.43 bits per heavy atom. The van der Waals surface area contributed by atoms with Crippen LogP contribution in [-0.4, -0.2) is 18.4 Å². The van der Waals surface area contributed by atoms with Crippen LogP contribution < -0.4 is 5.32 Å². The molecule has 0 spiro atoms. The Kier molecular flexibility index (Phi) is 4.88. The van der Waals surface area contributed by atoms with E-state index in [4.69, 9.17) is 0 Å². The number of carbonyl (C=O) groups is 1. The monoisotopic (exact) mass is 195 g/mol. The van der Waals surface area contributed by atoms with Crippen LogP contribution in [0.3, 0.4) is 0 Å². The molecule has 2 heteroatoms. The van der Waals surface area contributed by atoms with Crippen molar-refractivity contribution < 1.29 is 4.79 Å². The second-order valence-electron chi connectivity index (χ2n) is 4.37. The summed E-state index contributed by atoms with van der Waals surface area (Å²) in [5.41, 5.74) is 1.10. The highest BCUT2D eigenvalue weighted by atomic mass is 16.1. The van der Waals surface area contributed by atoms with Crippen molar-refractivity contribution in [1.29, 1.82) is 0 Å². The standard InChI is InChI=1S/C12H21NO/c1-10(2)9-12(14)7-6-11-5-3-4-8-13-11/h9,11,13H,3-8H2,1-2H3. The summed E-state index contributed by atoms with van der Waals surface area (Å²) >= 11 is 0. The highest BCUT2D eigenvalue weighted by Crippen LogP contribution is 2.12. The molecule has 0 radical (unpaired) electrons. The fraction of sp³-hybridized carbons (Fsp3) is 0.750. The zero-order valence-corrected chi connectivity index (χ0v) is 9.31. The predicted molar refractivity (Wildman–Crippen MR) is 59.3 cm³/mol. The zero-order valence-electron chi connectivity index (χ0n) is 9.31. The molecule has 1 rings (SSSR count). The summed E-state index contributed by atoms with van der Waals surface area (Å²) in [6, 6.07) is 0.582. The summed E-state index contributed by atoms with van der Waals surface area (Å²) in [4.78, 5) is 11.4. The number of rotatable bonds is 4. The van der Waals surface area contributed by atoms with Crippen LogP contribution in [-0.2, 0) is 4.79 Å². The van der Waals surface area contributed by atoms with Crippen LogP contribution in [0.1, 0.15) is 46.0 Å². The van der Waals surface area contributed by atoms with Crippen LogP contribution in [0.25, 0.3) is 0 Å². The van der Waals surface area contributed by atoms with Crippen LogP contribution in [0.4, 0.5) is 0 Å². The summed E-state index contributed by atoms with van der Waals surface area (Å²) in [6.07, 6.45) is 7.29. The summed E-state index contributed by atoms with van der Waals surface area (Å²) < 4.78 is 0. The molecule has 0 aromatic rings. The number of hydrogen-bond donors (Lipinski definition) is 1. The summed E-state index contributed by atoms with van der Waals surface area (Å²) in [7, 11) is 0. The van der Waals surface area contributed by atoms with Crippen LogP contribution in [0, 0.1) is 0 Å². The molecular formula is C12H21NO. The van der Waals surface area contributed by atoms with E-state index < -0.39 is 0 Å². The van der Waals surface area contributed by atoms with Gasteiger partial charge in [-0.2, -0.15) is 0 Å². The first-order valence-electron chi connectivity index (χ1n) is 5.59. The molecule has 1 fully saturated rings. The maximum Gasteiger partial charge on any atom is 0.155 e. The van der Waals surface area contributed by atoms with Crippen molar-refractivity contribution in [2.24, 2.45) is 0 Å². The lowest BCUT2D eigenvalue weighted by molar-refractivity contribution is -0.114. The maximum absolute atomic E-state index is 11.4. The van der Waals surface area contributed by atoms with Gasteiger partial charge in [0.15, 0.2) is 5.78 Å². The number of hydrogen-bond acceptors (Lipinski definition) is 2. The van der Waals surface area contributed by atoms with E-state index in [1.807, 2.05) is 13.8 Å². The Balaban J connectivity index is 2.19. The maximum atomic E-state index is 11.4. The fourth-order valence-electron chi connectivity index (χ4n) is 1.88. The van der Waals surface area contributed by atoms with Crippen molar-refractivity contribution in [2.45, 2.75) is 52.0 Å². The average Bonchev–Trinajstić information content (AvgIpc) is 2.15. The molecule has 0 aliphatic carbocycles. The van der Waals surface area contributed by atoms with Crippen molar-refractivity contribution in [1.82, 2.24) is 5.32 Å². The van der Waals surface area contributed by atoms with Gasteiger partial charge in [-0.3, -0.25) is 4.79 Å². The third kappa shape index (κ3) is 4.56. The minimum Gasteiger partial charge on any atom is -0.314 e. The smallest absolute Gasteiger partial charge is 0.155 e. The van der Waals surface area contributed by atoms with Gasteiger partial charge in [0.25, 0.3) is 0 Å². The van der Waals surface area contributed by atoms with Crippen molar-refractivity contribution >= 4 is 5.78 Å². The lowest BCUT2D eigenvalue weighted by Gasteiger charge is -2.22. The first-order chi connectivity index (χ1) is 6.68. The van der Waals surface area contributed by atoms with Crippen molar-refractivity contribution in [2.75, 3.05) is 6.54 Å². The molecule has 80 valence electrons. The van der Waals surface area contributed by atoms with E-state index in [1.54, 1.807) is 6.08 Å². The molecular weight excluding hydrogens is 174 g/mol. The zero-order chi connectivity index (χ0) is 10.4. The van der Waals surface area contributed by atoms with Gasteiger partial charge in [-0.25, -0.2) is 0 Å². The SMILES string of the molecule is CC(C)=CC(=O)CCC1CCCCN1. The molecule has 2 nitrogen and oxygen atoms in total. The minimum absolute atomic E-state index is 0.275. The number of ketones is 1. The Labute approximate surface area is 86.8 Å². The van der Waals surface area contributed by atoms with E-state index in [0.29, 0.717) is 12.5 Å². The van der Waals surface area contributed by atoms with Gasteiger partial charge < -0.3 is 5.32 Å². The molecule has 1 heterocycles. The largest absolute Gasteiger partial charge is 0.314 e. The van der Waals surface area contributed by atoms with Crippen molar-refractivity contribution in [3.8, 4) is 0 Å². The molecule has 1 saturated heterocycles. The molecule has 0 aromatic carbocycles. The highest BCUT2D eigenvalue weighted by Gasteiger charge is 2.12. The summed E-state index contributed by atoms with van der Waals surface area (Å²) in [6.45, 7) is 5.06. The first kappa shape index (κ1) is 11.4. The second kappa shape index (κ2) is 5.97. The van der Waals surface area contributed by atoms with Crippen LogP contribution >= 0.6 is 0 Å². The molecule has 1 unspecified atom stereocenters. The molecule has 0 saturated carbocycles. The highest BCUT2D eigenvalue weighted by molar-refractivity contribution is 5.90. The van der Waals surface area contributed by atoms with E-state index >= 15 is 0 Å². The third-order valence-electron chi connectivity index (χ3n) is 2.60. The quantitative estimate of drug-likeness (QED) is 0.698. The van der Waals surface area contributed by atoms with Gasteiger partial charge in [-0.15, -0.1) is 0 Å². The third-order valence-corrected chi connectivity index (χ3v) is 2.60. The first-order valence-corrected chi connectivity index (χ1v) is 5.59. The number of allylic oxidation sites excluding steroid dienone is 2. The van der Waals surface area contributed by atoms with E-state index in [-0.39, 0.29) is 5.78 Å². The van der Waals surface area contributed by atoms with Gasteiger partial charge in [0.2, 0.25) is 0 Å². The summed E-state index contributed by atoms with van der Waals surface area (Å²) in [5.74, 6) is 0.275. The van der Waals surface area contributed by atoms with Gasteiger partial charge in [0, 0.05) is 12.5 Å². The van der Waals surface area contributed by atoms with E-state index in [1.165, 1.54) is 19.3 Å². The molecule has 1 atom stereocenters. The Bertz CT molecular complexity index is 210. The van der Waals surface area contributed by atoms with Gasteiger partial charge in [-0.05, 0) is 45.7 Å².